The topological polar surface area (TPSA) is 80.3 Å². The van der Waals surface area contributed by atoms with Crippen molar-refractivity contribution in [2.24, 2.45) is 0 Å². The van der Waals surface area contributed by atoms with E-state index in [1.54, 1.807) is 5.32 Å². The van der Waals surface area contributed by atoms with Crippen LogP contribution in [-0.4, -0.2) is 35.8 Å². The highest BCUT2D eigenvalue weighted by molar-refractivity contribution is 6.31. The smallest absolute Gasteiger partial charge is 0.441 e. The number of hydrogen-bond acceptors (Lipinski definition) is 5. The number of esters is 1. The molecule has 0 saturated heterocycles. The van der Waals surface area contributed by atoms with Gasteiger partial charge in [0.15, 0.2) is 0 Å². The fourth-order valence-corrected chi connectivity index (χ4v) is 2.24. The molecule has 1 aromatic carbocycles. The van der Waals surface area contributed by atoms with Crippen molar-refractivity contribution in [2.75, 3.05) is 12.4 Å². The number of carbonyl (C=O) groups excluding carboxylic acids is 2. The molecule has 0 saturated carbocycles. The van der Waals surface area contributed by atoms with E-state index >= 15 is 0 Å². The van der Waals surface area contributed by atoms with E-state index in [1.165, 1.54) is 42.6 Å². The van der Waals surface area contributed by atoms with Gasteiger partial charge in [-0.3, -0.25) is 4.79 Å². The van der Waals surface area contributed by atoms with Crippen molar-refractivity contribution in [1.82, 2.24) is 10.3 Å². The zero-order valence-corrected chi connectivity index (χ0v) is 14.1. The first-order valence-corrected chi connectivity index (χ1v) is 7.50. The molecule has 1 aromatic heterocycles. The van der Waals surface area contributed by atoms with Crippen molar-refractivity contribution in [3.63, 3.8) is 0 Å². The molecule has 0 aliphatic carbocycles. The van der Waals surface area contributed by atoms with Gasteiger partial charge in [-0.25, -0.2) is 9.78 Å². The van der Waals surface area contributed by atoms with E-state index in [0.717, 1.165) is 13.2 Å². The lowest BCUT2D eigenvalue weighted by molar-refractivity contribution is -0.203. The van der Waals surface area contributed by atoms with Crippen molar-refractivity contribution >= 4 is 29.3 Å². The van der Waals surface area contributed by atoms with E-state index in [1.807, 2.05) is 5.32 Å². The number of methoxy groups -OCH3 is 1. The molecule has 0 spiro atoms. The third-order valence-corrected chi connectivity index (χ3v) is 3.52. The molecule has 10 heteroatoms. The normalized spacial score (nSPS) is 13.4. The number of hydrogen-bond donors (Lipinski definition) is 2. The number of rotatable bonds is 5. The minimum absolute atomic E-state index is 0.144. The van der Waals surface area contributed by atoms with Crippen molar-refractivity contribution in [2.45, 2.75) is 11.8 Å². The number of nitrogens with one attached hydrogen (secondary N) is 2. The highest BCUT2D eigenvalue weighted by atomic mass is 35.5. The first-order chi connectivity index (χ1) is 12.2. The molecule has 0 fully saturated rings. The molecule has 0 radical (unpaired) electrons. The average Bonchev–Trinajstić information content (AvgIpc) is 2.60. The Labute approximate surface area is 151 Å². The van der Waals surface area contributed by atoms with Gasteiger partial charge in [-0.15, -0.1) is 0 Å². The van der Waals surface area contributed by atoms with Crippen molar-refractivity contribution < 1.29 is 27.5 Å². The Hall–Kier alpha value is -2.81. The van der Waals surface area contributed by atoms with Crippen LogP contribution in [0.1, 0.15) is 10.4 Å². The van der Waals surface area contributed by atoms with Crippen molar-refractivity contribution in [3.05, 3.63) is 59.2 Å². The molecule has 6 nitrogen and oxygen atoms in total. The molecule has 2 aromatic rings. The molecule has 1 atom stereocenters. The van der Waals surface area contributed by atoms with Gasteiger partial charge in [0, 0.05) is 16.8 Å². The molecule has 1 heterocycles. The second-order valence-electron chi connectivity index (χ2n) is 5.04. The van der Waals surface area contributed by atoms with Crippen LogP contribution >= 0.6 is 11.6 Å². The van der Waals surface area contributed by atoms with E-state index in [4.69, 9.17) is 11.6 Å². The van der Waals surface area contributed by atoms with Crippen molar-refractivity contribution in [1.29, 1.82) is 0 Å². The van der Waals surface area contributed by atoms with Crippen LogP contribution in [0.15, 0.2) is 48.7 Å². The largest absolute Gasteiger partial charge is 0.466 e. The van der Waals surface area contributed by atoms with Crippen LogP contribution in [0, 0.1) is 0 Å². The lowest BCUT2D eigenvalue weighted by Gasteiger charge is -2.34. The summed E-state index contributed by atoms with van der Waals surface area (Å²) in [5.74, 6) is -3.23. The number of anilines is 1. The standard InChI is InChI=1S/C16H13ClF3N3O3/c1-26-14(25)15(16(18,19)20,22-12-7-2-3-8-21-12)23-13(24)10-5-4-6-11(17)9-10/h2-9H,1H3,(H,21,22)(H,23,24)/t15-/m0/s1. The van der Waals surface area contributed by atoms with E-state index < -0.39 is 23.7 Å². The Balaban J connectivity index is 2.48. The van der Waals surface area contributed by atoms with Crippen LogP contribution in [0.5, 0.6) is 0 Å². The molecular weight excluding hydrogens is 375 g/mol. The zero-order chi connectivity index (χ0) is 19.4. The predicted molar refractivity (Wildman–Crippen MR) is 87.6 cm³/mol. The summed E-state index contributed by atoms with van der Waals surface area (Å²) in [6.45, 7) is 0. The Kier molecular flexibility index (Phi) is 5.71. The second kappa shape index (κ2) is 7.61. The third-order valence-electron chi connectivity index (χ3n) is 3.29. The molecule has 0 aliphatic heterocycles. The number of pyridine rings is 1. The summed E-state index contributed by atoms with van der Waals surface area (Å²) in [5, 5.41) is 3.73. The van der Waals surface area contributed by atoms with E-state index in [2.05, 4.69) is 9.72 Å². The fraction of sp³-hybridized carbons (Fsp3) is 0.188. The van der Waals surface area contributed by atoms with Gasteiger partial charge in [-0.05, 0) is 30.3 Å². The van der Waals surface area contributed by atoms with Crippen LogP contribution in [0.4, 0.5) is 19.0 Å². The Morgan fingerprint density at radius 3 is 2.42 bits per heavy atom. The van der Waals surface area contributed by atoms with Crippen LogP contribution in [0.3, 0.4) is 0 Å². The van der Waals surface area contributed by atoms with Crippen LogP contribution in [0.2, 0.25) is 5.02 Å². The maximum atomic E-state index is 13.8. The van der Waals surface area contributed by atoms with E-state index in [9.17, 15) is 22.8 Å². The van der Waals surface area contributed by atoms with E-state index in [0.29, 0.717) is 0 Å². The first kappa shape index (κ1) is 19.5. The quantitative estimate of drug-likeness (QED) is 0.609. The Morgan fingerprint density at radius 1 is 1.15 bits per heavy atom. The van der Waals surface area contributed by atoms with Gasteiger partial charge in [0.2, 0.25) is 0 Å². The summed E-state index contributed by atoms with van der Waals surface area (Å²) in [6, 6.07) is 9.33. The molecule has 138 valence electrons. The predicted octanol–water partition coefficient (Wildman–Crippen LogP) is 3.01. The molecule has 0 bridgehead atoms. The van der Waals surface area contributed by atoms with Crippen LogP contribution < -0.4 is 10.6 Å². The monoisotopic (exact) mass is 387 g/mol. The summed E-state index contributed by atoms with van der Waals surface area (Å²) in [7, 11) is 0.772. The Morgan fingerprint density at radius 2 is 1.88 bits per heavy atom. The lowest BCUT2D eigenvalue weighted by Crippen LogP contribution is -2.69. The molecule has 0 unspecified atom stereocenters. The summed E-state index contributed by atoms with van der Waals surface area (Å²) < 4.78 is 45.8. The number of nitrogens with zero attached hydrogens (tertiary/aromatic N) is 1. The highest BCUT2D eigenvalue weighted by Gasteiger charge is 2.63. The van der Waals surface area contributed by atoms with Gasteiger partial charge in [0.05, 0.1) is 7.11 Å². The van der Waals surface area contributed by atoms with Gasteiger partial charge >= 0.3 is 17.8 Å². The molecule has 0 aliphatic rings. The number of aromatic nitrogens is 1. The number of amides is 1. The number of alkyl halides is 3. The second-order valence-corrected chi connectivity index (χ2v) is 5.48. The van der Waals surface area contributed by atoms with Crippen LogP contribution in [0.25, 0.3) is 0 Å². The summed E-state index contributed by atoms with van der Waals surface area (Å²) in [5.41, 5.74) is -3.71. The fourth-order valence-electron chi connectivity index (χ4n) is 2.04. The van der Waals surface area contributed by atoms with Crippen LogP contribution in [-0.2, 0) is 9.53 Å². The van der Waals surface area contributed by atoms with Gasteiger partial charge in [-0.2, -0.15) is 13.2 Å². The molecule has 26 heavy (non-hydrogen) atoms. The zero-order valence-electron chi connectivity index (χ0n) is 13.3. The van der Waals surface area contributed by atoms with Gasteiger partial charge in [0.25, 0.3) is 5.91 Å². The van der Waals surface area contributed by atoms with Gasteiger partial charge < -0.3 is 15.4 Å². The van der Waals surface area contributed by atoms with E-state index in [-0.39, 0.29) is 16.4 Å². The average molecular weight is 388 g/mol. The first-order valence-electron chi connectivity index (χ1n) is 7.12. The molecule has 2 rings (SSSR count). The van der Waals surface area contributed by atoms with Gasteiger partial charge in [-0.1, -0.05) is 23.7 Å². The Bertz CT molecular complexity index is 802. The minimum Gasteiger partial charge on any atom is -0.466 e. The molecule has 1 amide bonds. The lowest BCUT2D eigenvalue weighted by atomic mass is 10.1. The van der Waals surface area contributed by atoms with Crippen molar-refractivity contribution in [3.8, 4) is 0 Å². The SMILES string of the molecule is COC(=O)[C@@](NC(=O)c1cccc(Cl)c1)(Nc1ccccn1)C(F)(F)F. The number of halogens is 4. The number of ether oxygens (including phenoxy) is 1. The summed E-state index contributed by atoms with van der Waals surface area (Å²) in [6.07, 6.45) is -4.02. The molecule has 2 N–H and O–H groups in total. The highest BCUT2D eigenvalue weighted by Crippen LogP contribution is 2.33. The number of benzene rings is 1. The summed E-state index contributed by atoms with van der Waals surface area (Å²) in [4.78, 5) is 28.1. The third kappa shape index (κ3) is 4.05. The van der Waals surface area contributed by atoms with Gasteiger partial charge in [0.1, 0.15) is 5.82 Å². The molecular formula is C16H13ClF3N3O3. The summed E-state index contributed by atoms with van der Waals surface area (Å²) >= 11 is 5.75. The maximum absolute atomic E-state index is 13.8. The maximum Gasteiger partial charge on any atom is 0.441 e. The minimum atomic E-state index is -5.24. The number of carbonyl (C=O) groups is 2.